The molecular weight excluding hydrogens is 276 g/mol. The van der Waals surface area contributed by atoms with Crippen LogP contribution in [0.3, 0.4) is 0 Å². The van der Waals surface area contributed by atoms with Crippen LogP contribution < -0.4 is 10.5 Å². The molecule has 0 amide bonds. The molecule has 1 aliphatic rings. The maximum Gasteiger partial charge on any atom is 0.137 e. The van der Waals surface area contributed by atoms with Gasteiger partial charge >= 0.3 is 0 Å². The summed E-state index contributed by atoms with van der Waals surface area (Å²) in [7, 11) is 2.17. The molecule has 2 N–H and O–H groups in total. The minimum absolute atomic E-state index is 0.732. The largest absolute Gasteiger partial charge is 0.491 e. The second-order valence-electron chi connectivity index (χ2n) is 5.84. The van der Waals surface area contributed by atoms with Gasteiger partial charge in [-0.05, 0) is 37.4 Å². The Kier molecular flexibility index (Phi) is 4.65. The predicted molar refractivity (Wildman–Crippen MR) is 89.6 cm³/mol. The first-order valence-electron chi connectivity index (χ1n) is 7.78. The molecule has 1 aliphatic heterocycles. The first-order chi connectivity index (χ1) is 10.7. The third kappa shape index (κ3) is 3.81. The van der Waals surface area contributed by atoms with Crippen LogP contribution >= 0.6 is 0 Å². The van der Waals surface area contributed by atoms with Gasteiger partial charge in [0.2, 0.25) is 0 Å². The van der Waals surface area contributed by atoms with E-state index in [4.69, 9.17) is 10.5 Å². The van der Waals surface area contributed by atoms with Gasteiger partial charge in [-0.3, -0.25) is 4.90 Å². The summed E-state index contributed by atoms with van der Waals surface area (Å²) >= 11 is 0. The highest BCUT2D eigenvalue weighted by Crippen LogP contribution is 2.17. The lowest BCUT2D eigenvalue weighted by molar-refractivity contribution is 0.134. The van der Waals surface area contributed by atoms with E-state index in [0.717, 1.165) is 56.5 Å². The maximum absolute atomic E-state index is 5.86. The predicted octanol–water partition coefficient (Wildman–Crippen LogP) is 1.69. The summed E-state index contributed by atoms with van der Waals surface area (Å²) in [6.07, 6.45) is 4.02. The maximum atomic E-state index is 5.86. The van der Waals surface area contributed by atoms with Crippen LogP contribution in [0.2, 0.25) is 0 Å². The van der Waals surface area contributed by atoms with Crippen molar-refractivity contribution in [2.45, 2.75) is 0 Å². The number of benzene rings is 1. The van der Waals surface area contributed by atoms with E-state index >= 15 is 0 Å². The number of nitrogens with zero attached hydrogens (tertiary/aromatic N) is 3. The van der Waals surface area contributed by atoms with Crippen LogP contribution in [-0.4, -0.2) is 60.7 Å². The number of nitrogen functional groups attached to an aromatic ring is 1. The van der Waals surface area contributed by atoms with Crippen LogP contribution in [-0.2, 0) is 0 Å². The number of hydrogen-bond donors (Lipinski definition) is 1. The molecule has 1 saturated heterocycles. The van der Waals surface area contributed by atoms with Gasteiger partial charge in [0.15, 0.2) is 0 Å². The third-order valence-corrected chi connectivity index (χ3v) is 4.13. The fraction of sp³-hybridized carbons (Fsp3) is 0.412. The first kappa shape index (κ1) is 14.9. The Morgan fingerprint density at radius 3 is 2.50 bits per heavy atom. The molecule has 118 valence electrons. The zero-order valence-electron chi connectivity index (χ0n) is 13.1. The lowest BCUT2D eigenvalue weighted by Crippen LogP contribution is -2.45. The van der Waals surface area contributed by atoms with Crippen molar-refractivity contribution in [2.75, 3.05) is 52.1 Å². The first-order valence-corrected chi connectivity index (χ1v) is 7.78. The summed E-state index contributed by atoms with van der Waals surface area (Å²) in [5, 5.41) is 0. The van der Waals surface area contributed by atoms with Gasteiger partial charge in [-0.15, -0.1) is 0 Å². The van der Waals surface area contributed by atoms with E-state index in [9.17, 15) is 0 Å². The molecule has 1 aromatic carbocycles. The Balaban J connectivity index is 1.48. The van der Waals surface area contributed by atoms with Gasteiger partial charge in [0.25, 0.3) is 0 Å². The molecule has 0 bridgehead atoms. The molecule has 3 rings (SSSR count). The smallest absolute Gasteiger partial charge is 0.137 e. The number of hydrogen-bond acceptors (Lipinski definition) is 4. The fourth-order valence-corrected chi connectivity index (χ4v) is 2.63. The van der Waals surface area contributed by atoms with Crippen LogP contribution in [0.25, 0.3) is 5.69 Å². The zero-order chi connectivity index (χ0) is 15.4. The van der Waals surface area contributed by atoms with Gasteiger partial charge < -0.3 is 19.9 Å². The SMILES string of the molecule is CN1CCN(CCOc2ccn(-c3ccc(N)cc3)c2)CC1. The molecule has 0 atom stereocenters. The van der Waals surface area contributed by atoms with Crippen molar-refractivity contribution in [3.8, 4) is 11.4 Å². The Hall–Kier alpha value is -1.98. The van der Waals surface area contributed by atoms with E-state index in [1.54, 1.807) is 0 Å². The van der Waals surface area contributed by atoms with Gasteiger partial charge in [0.1, 0.15) is 12.4 Å². The highest BCUT2D eigenvalue weighted by Gasteiger charge is 2.13. The standard InChI is InChI=1S/C17H24N4O/c1-19-8-10-20(11-9-19)12-13-22-17-6-7-21(14-17)16-4-2-15(18)3-5-16/h2-7,14H,8-13,18H2,1H3. The number of ether oxygens (including phenoxy) is 1. The van der Waals surface area contributed by atoms with E-state index in [1.165, 1.54) is 0 Å². The van der Waals surface area contributed by atoms with Crippen LogP contribution in [0.15, 0.2) is 42.7 Å². The number of nitrogens with two attached hydrogens (primary N) is 1. The molecule has 2 heterocycles. The van der Waals surface area contributed by atoms with Crippen LogP contribution in [0.1, 0.15) is 0 Å². The minimum atomic E-state index is 0.732. The zero-order valence-corrected chi connectivity index (χ0v) is 13.1. The van der Waals surface area contributed by atoms with E-state index in [2.05, 4.69) is 16.8 Å². The Morgan fingerprint density at radius 1 is 1.05 bits per heavy atom. The van der Waals surface area contributed by atoms with Gasteiger partial charge in [-0.25, -0.2) is 0 Å². The Labute approximate surface area is 131 Å². The topological polar surface area (TPSA) is 46.7 Å². The van der Waals surface area contributed by atoms with Crippen molar-refractivity contribution in [3.05, 3.63) is 42.7 Å². The average Bonchev–Trinajstić information content (AvgIpc) is 2.99. The normalized spacial score (nSPS) is 16.8. The van der Waals surface area contributed by atoms with Crippen molar-refractivity contribution in [1.29, 1.82) is 0 Å². The van der Waals surface area contributed by atoms with E-state index in [-0.39, 0.29) is 0 Å². The molecule has 0 saturated carbocycles. The molecule has 1 fully saturated rings. The number of rotatable bonds is 5. The van der Waals surface area contributed by atoms with Gasteiger partial charge in [0, 0.05) is 50.3 Å². The van der Waals surface area contributed by atoms with Crippen LogP contribution in [0.4, 0.5) is 5.69 Å². The highest BCUT2D eigenvalue weighted by molar-refractivity contribution is 5.45. The van der Waals surface area contributed by atoms with E-state index in [1.807, 2.05) is 47.3 Å². The third-order valence-electron chi connectivity index (χ3n) is 4.13. The Morgan fingerprint density at radius 2 is 1.77 bits per heavy atom. The van der Waals surface area contributed by atoms with Crippen molar-refractivity contribution in [3.63, 3.8) is 0 Å². The van der Waals surface area contributed by atoms with Crippen LogP contribution in [0, 0.1) is 0 Å². The number of aromatic nitrogens is 1. The molecule has 0 aliphatic carbocycles. The molecule has 0 unspecified atom stereocenters. The van der Waals surface area contributed by atoms with Crippen molar-refractivity contribution in [2.24, 2.45) is 0 Å². The monoisotopic (exact) mass is 300 g/mol. The van der Waals surface area contributed by atoms with Crippen molar-refractivity contribution < 1.29 is 4.74 Å². The van der Waals surface area contributed by atoms with Gasteiger partial charge in [-0.2, -0.15) is 0 Å². The lowest BCUT2D eigenvalue weighted by atomic mass is 10.3. The second-order valence-corrected chi connectivity index (χ2v) is 5.84. The number of likely N-dealkylation sites (N-methyl/N-ethyl adjacent to an activating group) is 1. The summed E-state index contributed by atoms with van der Waals surface area (Å²) < 4.78 is 7.91. The number of anilines is 1. The van der Waals surface area contributed by atoms with Crippen LogP contribution in [0.5, 0.6) is 5.75 Å². The molecule has 1 aromatic heterocycles. The Bertz CT molecular complexity index is 585. The molecule has 5 heteroatoms. The van der Waals surface area contributed by atoms with Gasteiger partial charge in [-0.1, -0.05) is 0 Å². The van der Waals surface area contributed by atoms with Gasteiger partial charge in [0.05, 0.1) is 6.20 Å². The summed E-state index contributed by atoms with van der Waals surface area (Å²) in [6, 6.07) is 9.82. The minimum Gasteiger partial charge on any atom is -0.491 e. The molecule has 2 aromatic rings. The molecule has 22 heavy (non-hydrogen) atoms. The van der Waals surface area contributed by atoms with E-state index < -0.39 is 0 Å². The summed E-state index contributed by atoms with van der Waals surface area (Å²) in [5.41, 5.74) is 7.58. The average molecular weight is 300 g/mol. The molecule has 5 nitrogen and oxygen atoms in total. The quantitative estimate of drug-likeness (QED) is 0.854. The van der Waals surface area contributed by atoms with Crippen molar-refractivity contribution >= 4 is 5.69 Å². The lowest BCUT2D eigenvalue weighted by Gasteiger charge is -2.32. The fourth-order valence-electron chi connectivity index (χ4n) is 2.63. The molecular formula is C17H24N4O. The number of piperazine rings is 1. The summed E-state index contributed by atoms with van der Waals surface area (Å²) in [4.78, 5) is 4.82. The molecule has 0 radical (unpaired) electrons. The second kappa shape index (κ2) is 6.85. The van der Waals surface area contributed by atoms with Crippen molar-refractivity contribution in [1.82, 2.24) is 14.4 Å². The highest BCUT2D eigenvalue weighted by atomic mass is 16.5. The molecule has 0 spiro atoms. The van der Waals surface area contributed by atoms with E-state index in [0.29, 0.717) is 0 Å². The summed E-state index contributed by atoms with van der Waals surface area (Å²) in [5.74, 6) is 0.908. The summed E-state index contributed by atoms with van der Waals surface area (Å²) in [6.45, 7) is 6.27.